The van der Waals surface area contributed by atoms with Crippen molar-refractivity contribution in [2.75, 3.05) is 12.4 Å². The molecule has 1 saturated carbocycles. The summed E-state index contributed by atoms with van der Waals surface area (Å²) in [5.41, 5.74) is -2.57. The molecule has 2 rings (SSSR count). The number of hydrogen-bond donors (Lipinski definition) is 1. The number of carbonyl (C=O) groups is 1. The Kier molecular flexibility index (Phi) is 7.42. The zero-order chi connectivity index (χ0) is 22.6. The Bertz CT molecular complexity index is 936. The average Bonchev–Trinajstić information content (AvgIpc) is 3.11. The largest absolute Gasteiger partial charge is 0.475 e. The third-order valence-electron chi connectivity index (χ3n) is 4.39. The maximum atomic E-state index is 13.4. The number of rotatable bonds is 6. The second kappa shape index (κ2) is 9.27. The Labute approximate surface area is 173 Å². The normalized spacial score (nSPS) is 15.4. The second-order valence-electron chi connectivity index (χ2n) is 7.49. The first kappa shape index (κ1) is 24.0. The fraction of sp³-hybridized carbons (Fsp3) is 0.550. The molecule has 0 heterocycles. The lowest BCUT2D eigenvalue weighted by Crippen LogP contribution is -2.28. The Morgan fingerprint density at radius 3 is 2.43 bits per heavy atom. The van der Waals surface area contributed by atoms with Gasteiger partial charge in [-0.1, -0.05) is 24.7 Å². The molecular weight excluding hydrogens is 425 g/mol. The molecule has 0 aliphatic heterocycles. The van der Waals surface area contributed by atoms with Crippen molar-refractivity contribution in [1.82, 2.24) is 0 Å². The van der Waals surface area contributed by atoms with Crippen LogP contribution in [0.2, 0.25) is 0 Å². The minimum absolute atomic E-state index is 0.194. The molecule has 1 fully saturated rings. The molecule has 1 aromatic carbocycles. The van der Waals surface area contributed by atoms with E-state index in [2.05, 4.69) is 16.6 Å². The average molecular weight is 448 g/mol. The predicted octanol–water partition coefficient (Wildman–Crippen LogP) is 4.10. The van der Waals surface area contributed by atoms with Gasteiger partial charge in [-0.15, -0.1) is 0 Å². The number of benzene rings is 1. The first-order valence-corrected chi connectivity index (χ1v) is 10.9. The first-order valence-electron chi connectivity index (χ1n) is 9.32. The molecule has 0 radical (unpaired) electrons. The van der Waals surface area contributed by atoms with E-state index in [1.54, 1.807) is 0 Å². The molecule has 10 heteroatoms. The molecule has 0 atom stereocenters. The molecule has 1 aliphatic rings. The van der Waals surface area contributed by atoms with Gasteiger partial charge in [-0.05, 0) is 44.9 Å². The van der Waals surface area contributed by atoms with Gasteiger partial charge in [0.15, 0.2) is 5.60 Å². The van der Waals surface area contributed by atoms with Gasteiger partial charge in [0, 0.05) is 5.92 Å². The smallest absolute Gasteiger partial charge is 0.419 e. The number of carbonyl (C=O) groups excluding carboxylic acids is 1. The maximum absolute atomic E-state index is 13.4. The molecule has 1 aliphatic carbocycles. The second-order valence-corrected chi connectivity index (χ2v) is 9.07. The fourth-order valence-corrected chi connectivity index (χ4v) is 3.23. The summed E-state index contributed by atoms with van der Waals surface area (Å²) in [4.78, 5) is 12.0. The summed E-state index contributed by atoms with van der Waals surface area (Å²) in [5, 5.41) is 0. The van der Waals surface area contributed by atoms with Crippen molar-refractivity contribution in [1.29, 1.82) is 0 Å². The number of alkyl halides is 3. The van der Waals surface area contributed by atoms with Gasteiger partial charge in [-0.3, -0.25) is 4.55 Å². The molecule has 1 N–H and O–H groups in total. The Hall–Kier alpha value is -2.25. The molecule has 0 spiro atoms. The molecule has 6 nitrogen and oxygen atoms in total. The van der Waals surface area contributed by atoms with Gasteiger partial charge in [0.25, 0.3) is 10.1 Å². The standard InChI is InChI=1S/C20H23F3O6S/c1-19(2,10-9-14-5-3-4-6-14)29-17-13-15(7-8-16(17)20(21,22)23)18(24)28-11-12-30(25,26)27/h7-8,13-14H,3-6,11-12H2,1-2H3,(H,25,26,27). The third-order valence-corrected chi connectivity index (χ3v) is 5.08. The van der Waals surface area contributed by atoms with Crippen molar-refractivity contribution in [3.63, 3.8) is 0 Å². The van der Waals surface area contributed by atoms with Crippen molar-refractivity contribution in [2.45, 2.75) is 51.3 Å². The summed E-state index contributed by atoms with van der Waals surface area (Å²) in [6, 6.07) is 2.48. The Morgan fingerprint density at radius 2 is 1.87 bits per heavy atom. The summed E-state index contributed by atoms with van der Waals surface area (Å²) >= 11 is 0. The number of hydrogen-bond acceptors (Lipinski definition) is 5. The monoisotopic (exact) mass is 448 g/mol. The van der Waals surface area contributed by atoms with E-state index in [4.69, 9.17) is 9.29 Å². The van der Waals surface area contributed by atoms with Gasteiger partial charge >= 0.3 is 12.1 Å². The highest BCUT2D eigenvalue weighted by molar-refractivity contribution is 7.85. The highest BCUT2D eigenvalue weighted by atomic mass is 32.2. The van der Waals surface area contributed by atoms with Crippen LogP contribution in [0, 0.1) is 17.8 Å². The van der Waals surface area contributed by atoms with Crippen molar-refractivity contribution in [2.24, 2.45) is 5.92 Å². The SMILES string of the molecule is CC(C)(C#CC1CCCC1)Oc1cc(C(=O)OCCS(=O)(=O)O)ccc1C(F)(F)F. The van der Waals surface area contributed by atoms with E-state index in [1.165, 1.54) is 13.8 Å². The van der Waals surface area contributed by atoms with Crippen molar-refractivity contribution >= 4 is 16.1 Å². The Balaban J connectivity index is 2.24. The highest BCUT2D eigenvalue weighted by Gasteiger charge is 2.36. The van der Waals surface area contributed by atoms with Crippen molar-refractivity contribution in [3.8, 4) is 17.6 Å². The highest BCUT2D eigenvalue weighted by Crippen LogP contribution is 2.38. The molecule has 0 saturated heterocycles. The van der Waals surface area contributed by atoms with Crippen LogP contribution in [0.25, 0.3) is 0 Å². The number of halogens is 3. The lowest BCUT2D eigenvalue weighted by molar-refractivity contribution is -0.139. The quantitative estimate of drug-likeness (QED) is 0.400. The minimum Gasteiger partial charge on any atom is -0.475 e. The van der Waals surface area contributed by atoms with Gasteiger partial charge in [0.05, 0.1) is 11.1 Å². The topological polar surface area (TPSA) is 89.9 Å². The predicted molar refractivity (Wildman–Crippen MR) is 103 cm³/mol. The maximum Gasteiger partial charge on any atom is 0.419 e. The van der Waals surface area contributed by atoms with E-state index in [-0.39, 0.29) is 11.5 Å². The van der Waals surface area contributed by atoms with Gasteiger partial charge in [-0.2, -0.15) is 21.6 Å². The third kappa shape index (κ3) is 7.54. The van der Waals surface area contributed by atoms with Crippen molar-refractivity contribution < 1.29 is 40.4 Å². The molecule has 0 unspecified atom stereocenters. The van der Waals surface area contributed by atoms with Crippen LogP contribution in [0.3, 0.4) is 0 Å². The summed E-state index contributed by atoms with van der Waals surface area (Å²) in [6.45, 7) is 2.42. The molecule has 1 aromatic rings. The van der Waals surface area contributed by atoms with Gasteiger partial charge < -0.3 is 9.47 Å². The molecule has 0 bridgehead atoms. The molecule has 166 valence electrons. The van der Waals surface area contributed by atoms with Gasteiger partial charge in [-0.25, -0.2) is 4.79 Å². The van der Waals surface area contributed by atoms with Crippen LogP contribution in [0.15, 0.2) is 18.2 Å². The lowest BCUT2D eigenvalue weighted by Gasteiger charge is -2.24. The fourth-order valence-electron chi connectivity index (χ4n) is 2.94. The van der Waals surface area contributed by atoms with E-state index < -0.39 is 51.5 Å². The van der Waals surface area contributed by atoms with E-state index in [0.717, 1.165) is 37.8 Å². The zero-order valence-corrected chi connectivity index (χ0v) is 17.4. The molecule has 0 amide bonds. The summed E-state index contributed by atoms with van der Waals surface area (Å²) in [6.07, 6.45) is -0.692. The van der Waals surface area contributed by atoms with E-state index in [9.17, 15) is 26.4 Å². The van der Waals surface area contributed by atoms with Crippen LogP contribution in [0.1, 0.15) is 55.5 Å². The van der Waals surface area contributed by atoms with Crippen LogP contribution >= 0.6 is 0 Å². The van der Waals surface area contributed by atoms with Crippen LogP contribution in [-0.2, 0) is 21.0 Å². The molecule has 30 heavy (non-hydrogen) atoms. The lowest BCUT2D eigenvalue weighted by atomic mass is 10.0. The van der Waals surface area contributed by atoms with Crippen LogP contribution in [-0.4, -0.2) is 36.9 Å². The zero-order valence-electron chi connectivity index (χ0n) is 16.6. The van der Waals surface area contributed by atoms with Gasteiger partial charge in [0.2, 0.25) is 0 Å². The van der Waals surface area contributed by atoms with E-state index in [0.29, 0.717) is 6.07 Å². The minimum atomic E-state index is -4.72. The summed E-state index contributed by atoms with van der Waals surface area (Å²) in [7, 11) is -4.34. The van der Waals surface area contributed by atoms with Crippen molar-refractivity contribution in [3.05, 3.63) is 29.3 Å². The summed E-state index contributed by atoms with van der Waals surface area (Å²) < 4.78 is 80.4. The van der Waals surface area contributed by atoms with Crippen LogP contribution in [0.5, 0.6) is 5.75 Å². The Morgan fingerprint density at radius 1 is 1.23 bits per heavy atom. The number of ether oxygens (including phenoxy) is 2. The van der Waals surface area contributed by atoms with Crippen LogP contribution in [0.4, 0.5) is 13.2 Å². The first-order chi connectivity index (χ1) is 13.8. The van der Waals surface area contributed by atoms with E-state index >= 15 is 0 Å². The van der Waals surface area contributed by atoms with Gasteiger partial charge in [0.1, 0.15) is 18.1 Å². The van der Waals surface area contributed by atoms with Crippen LogP contribution < -0.4 is 4.74 Å². The summed E-state index contributed by atoms with van der Waals surface area (Å²) in [5.74, 6) is 3.66. The van der Waals surface area contributed by atoms with E-state index in [1.807, 2.05) is 0 Å². The molecular formula is C20H23F3O6S. The number of esters is 1. The molecule has 0 aromatic heterocycles.